The van der Waals surface area contributed by atoms with Gasteiger partial charge < -0.3 is 4.57 Å². The van der Waals surface area contributed by atoms with Gasteiger partial charge in [0.1, 0.15) is 5.82 Å². The molecule has 5 heteroatoms. The van der Waals surface area contributed by atoms with Crippen LogP contribution >= 0.6 is 0 Å². The molecule has 28 heavy (non-hydrogen) atoms. The Balaban J connectivity index is 1.78. The summed E-state index contributed by atoms with van der Waals surface area (Å²) in [5.41, 5.74) is 2.37. The summed E-state index contributed by atoms with van der Waals surface area (Å²) in [6.45, 7) is 4.31. The summed E-state index contributed by atoms with van der Waals surface area (Å²) in [6, 6.07) is 10.9. The molecule has 0 bridgehead atoms. The number of pyridine rings is 2. The first kappa shape index (κ1) is 18.8. The predicted octanol–water partition coefficient (Wildman–Crippen LogP) is 4.35. The molecule has 3 heterocycles. The molecule has 1 aromatic carbocycles. The molecular weight excluding hydrogens is 353 g/mol. The Morgan fingerprint density at radius 3 is 2.71 bits per heavy atom. The number of aromatic nitrogens is 2. The van der Waals surface area contributed by atoms with E-state index in [4.69, 9.17) is 0 Å². The van der Waals surface area contributed by atoms with Crippen LogP contribution in [0, 0.1) is 5.82 Å². The predicted molar refractivity (Wildman–Crippen MR) is 110 cm³/mol. The van der Waals surface area contributed by atoms with Gasteiger partial charge in [-0.25, -0.2) is 4.39 Å². The third kappa shape index (κ3) is 3.85. The van der Waals surface area contributed by atoms with Gasteiger partial charge in [0.25, 0.3) is 5.56 Å². The number of hydrogen-bond donors (Lipinski definition) is 0. The van der Waals surface area contributed by atoms with Crippen molar-refractivity contribution in [3.63, 3.8) is 0 Å². The van der Waals surface area contributed by atoms with E-state index in [-0.39, 0.29) is 11.4 Å². The minimum Gasteiger partial charge on any atom is -0.303 e. The van der Waals surface area contributed by atoms with Gasteiger partial charge in [0.05, 0.1) is 12.1 Å². The lowest BCUT2D eigenvalue weighted by Gasteiger charge is -2.35. The topological polar surface area (TPSA) is 38.1 Å². The molecule has 3 aromatic rings. The highest BCUT2D eigenvalue weighted by molar-refractivity contribution is 5.79. The van der Waals surface area contributed by atoms with Crippen molar-refractivity contribution in [3.8, 4) is 0 Å². The van der Waals surface area contributed by atoms with Gasteiger partial charge in [0, 0.05) is 30.5 Å². The molecule has 1 saturated heterocycles. The van der Waals surface area contributed by atoms with Gasteiger partial charge in [-0.2, -0.15) is 0 Å². The van der Waals surface area contributed by atoms with Gasteiger partial charge in [-0.15, -0.1) is 0 Å². The van der Waals surface area contributed by atoms with E-state index in [0.717, 1.165) is 29.5 Å². The van der Waals surface area contributed by atoms with E-state index >= 15 is 0 Å². The van der Waals surface area contributed by atoms with E-state index in [1.165, 1.54) is 31.4 Å². The quantitative estimate of drug-likeness (QED) is 0.662. The second kappa shape index (κ2) is 8.23. The Hall–Kier alpha value is -2.53. The van der Waals surface area contributed by atoms with Crippen LogP contribution in [0.4, 0.5) is 4.39 Å². The third-order valence-electron chi connectivity index (χ3n) is 5.82. The molecule has 0 saturated carbocycles. The standard InChI is InChI=1S/C23H26FN3O/c1-2-21-5-3-4-12-26(21)16-19-13-18-6-7-20(24)14-22(18)27(23(19)28)15-17-8-10-25-11-9-17/h6-11,13-14,21H,2-5,12,15-16H2,1H3/t21-/m0/s1. The Bertz CT molecular complexity index is 1020. The highest BCUT2D eigenvalue weighted by atomic mass is 19.1. The second-order valence-corrected chi connectivity index (χ2v) is 7.65. The molecule has 0 N–H and O–H groups in total. The van der Waals surface area contributed by atoms with Gasteiger partial charge in [0.2, 0.25) is 0 Å². The van der Waals surface area contributed by atoms with Crippen molar-refractivity contribution in [1.82, 2.24) is 14.5 Å². The maximum absolute atomic E-state index is 13.9. The molecule has 4 rings (SSSR count). The normalized spacial score (nSPS) is 17.9. The van der Waals surface area contributed by atoms with Crippen LogP contribution in [0.3, 0.4) is 0 Å². The lowest BCUT2D eigenvalue weighted by atomic mass is 9.99. The zero-order valence-electron chi connectivity index (χ0n) is 16.3. The average molecular weight is 379 g/mol. The maximum atomic E-state index is 13.9. The summed E-state index contributed by atoms with van der Waals surface area (Å²) in [7, 11) is 0. The van der Waals surface area contributed by atoms with Crippen LogP contribution in [-0.2, 0) is 13.1 Å². The van der Waals surface area contributed by atoms with Crippen LogP contribution in [-0.4, -0.2) is 27.0 Å². The molecule has 0 amide bonds. The van der Waals surface area contributed by atoms with Crippen LogP contribution in [0.1, 0.15) is 43.7 Å². The fourth-order valence-corrected chi connectivity index (χ4v) is 4.30. The van der Waals surface area contributed by atoms with Crippen molar-refractivity contribution < 1.29 is 4.39 Å². The van der Waals surface area contributed by atoms with Crippen LogP contribution in [0.2, 0.25) is 0 Å². The summed E-state index contributed by atoms with van der Waals surface area (Å²) in [4.78, 5) is 19.8. The van der Waals surface area contributed by atoms with Gasteiger partial charge in [-0.1, -0.05) is 13.3 Å². The lowest BCUT2D eigenvalue weighted by Crippen LogP contribution is -2.40. The summed E-state index contributed by atoms with van der Waals surface area (Å²) in [6.07, 6.45) is 8.17. The van der Waals surface area contributed by atoms with Crippen LogP contribution in [0.15, 0.2) is 53.6 Å². The number of benzene rings is 1. The van der Waals surface area contributed by atoms with Crippen molar-refractivity contribution in [2.75, 3.05) is 6.54 Å². The first-order chi connectivity index (χ1) is 13.7. The molecule has 1 atom stereocenters. The van der Waals surface area contributed by atoms with E-state index < -0.39 is 0 Å². The number of rotatable bonds is 5. The van der Waals surface area contributed by atoms with Crippen molar-refractivity contribution in [2.45, 2.75) is 51.7 Å². The molecular formula is C23H26FN3O. The van der Waals surface area contributed by atoms with Crippen molar-refractivity contribution in [2.24, 2.45) is 0 Å². The zero-order valence-corrected chi connectivity index (χ0v) is 16.3. The maximum Gasteiger partial charge on any atom is 0.255 e. The minimum absolute atomic E-state index is 0.0321. The highest BCUT2D eigenvalue weighted by Gasteiger charge is 2.22. The second-order valence-electron chi connectivity index (χ2n) is 7.65. The fraction of sp³-hybridized carbons (Fsp3) is 0.391. The zero-order chi connectivity index (χ0) is 19.5. The molecule has 1 fully saturated rings. The van der Waals surface area contributed by atoms with Gasteiger partial charge >= 0.3 is 0 Å². The minimum atomic E-state index is -0.329. The number of nitrogens with zero attached hydrogens (tertiary/aromatic N) is 3. The monoisotopic (exact) mass is 379 g/mol. The largest absolute Gasteiger partial charge is 0.303 e. The molecule has 0 spiro atoms. The molecule has 0 radical (unpaired) electrons. The third-order valence-corrected chi connectivity index (χ3v) is 5.82. The Morgan fingerprint density at radius 2 is 1.93 bits per heavy atom. The first-order valence-electron chi connectivity index (χ1n) is 10.1. The van der Waals surface area contributed by atoms with Crippen LogP contribution in [0.5, 0.6) is 0 Å². The summed E-state index contributed by atoms with van der Waals surface area (Å²) >= 11 is 0. The number of fused-ring (bicyclic) bond motifs is 1. The van der Waals surface area contributed by atoms with E-state index in [2.05, 4.69) is 16.8 Å². The molecule has 2 aromatic heterocycles. The number of hydrogen-bond acceptors (Lipinski definition) is 3. The number of likely N-dealkylation sites (tertiary alicyclic amines) is 1. The molecule has 146 valence electrons. The molecule has 1 aliphatic rings. The van der Waals surface area contributed by atoms with E-state index in [0.29, 0.717) is 24.6 Å². The Kier molecular flexibility index (Phi) is 5.53. The van der Waals surface area contributed by atoms with Crippen LogP contribution < -0.4 is 5.56 Å². The van der Waals surface area contributed by atoms with Gasteiger partial charge in [-0.05, 0) is 73.2 Å². The van der Waals surface area contributed by atoms with Gasteiger partial charge in [-0.3, -0.25) is 14.7 Å². The molecule has 0 aliphatic carbocycles. The Labute approximate surface area is 164 Å². The molecule has 1 aliphatic heterocycles. The van der Waals surface area contributed by atoms with E-state index in [1.807, 2.05) is 18.2 Å². The number of halogens is 1. The Morgan fingerprint density at radius 1 is 1.11 bits per heavy atom. The lowest BCUT2D eigenvalue weighted by molar-refractivity contribution is 0.135. The van der Waals surface area contributed by atoms with E-state index in [1.54, 1.807) is 23.0 Å². The number of piperidine rings is 1. The van der Waals surface area contributed by atoms with Crippen LogP contribution in [0.25, 0.3) is 10.9 Å². The van der Waals surface area contributed by atoms with Gasteiger partial charge in [0.15, 0.2) is 0 Å². The summed E-state index contributed by atoms with van der Waals surface area (Å²) in [5.74, 6) is -0.329. The molecule has 0 unspecified atom stereocenters. The summed E-state index contributed by atoms with van der Waals surface area (Å²) in [5, 5.41) is 0.898. The van der Waals surface area contributed by atoms with Crippen molar-refractivity contribution >= 4 is 10.9 Å². The smallest absolute Gasteiger partial charge is 0.255 e. The fourth-order valence-electron chi connectivity index (χ4n) is 4.30. The highest BCUT2D eigenvalue weighted by Crippen LogP contribution is 2.23. The van der Waals surface area contributed by atoms with Crippen molar-refractivity contribution in [1.29, 1.82) is 0 Å². The van der Waals surface area contributed by atoms with E-state index in [9.17, 15) is 9.18 Å². The summed E-state index contributed by atoms with van der Waals surface area (Å²) < 4.78 is 15.6. The first-order valence-corrected chi connectivity index (χ1v) is 10.1. The van der Waals surface area contributed by atoms with Crippen molar-refractivity contribution in [3.05, 3.63) is 76.1 Å². The SMILES string of the molecule is CC[C@H]1CCCCN1Cc1cc2ccc(F)cc2n(Cc2ccncc2)c1=O. The average Bonchev–Trinajstić information content (AvgIpc) is 2.72. The molecule has 4 nitrogen and oxygen atoms in total.